The van der Waals surface area contributed by atoms with E-state index in [4.69, 9.17) is 10.5 Å². The average Bonchev–Trinajstić information content (AvgIpc) is 2.75. The molecule has 5 heteroatoms. The van der Waals surface area contributed by atoms with Gasteiger partial charge in [-0.25, -0.2) is 0 Å². The van der Waals surface area contributed by atoms with E-state index in [1.54, 1.807) is 7.11 Å². The van der Waals surface area contributed by atoms with Crippen molar-refractivity contribution in [2.75, 3.05) is 32.1 Å². The normalized spacial score (nSPS) is 19.4. The first-order chi connectivity index (χ1) is 9.08. The van der Waals surface area contributed by atoms with Crippen molar-refractivity contribution < 1.29 is 9.53 Å². The Hall–Kier alpha value is -1.59. The summed E-state index contributed by atoms with van der Waals surface area (Å²) in [6.07, 6.45) is 0.959. The average molecular weight is 263 g/mol. The van der Waals surface area contributed by atoms with E-state index in [1.807, 2.05) is 25.1 Å². The van der Waals surface area contributed by atoms with E-state index >= 15 is 0 Å². The van der Waals surface area contributed by atoms with Crippen molar-refractivity contribution in [2.24, 2.45) is 5.73 Å². The maximum Gasteiger partial charge on any atom is 0.238 e. The van der Waals surface area contributed by atoms with Crippen molar-refractivity contribution >= 4 is 11.6 Å². The number of aryl methyl sites for hydroxylation is 1. The zero-order valence-corrected chi connectivity index (χ0v) is 11.5. The van der Waals surface area contributed by atoms with Crippen LogP contribution in [0.25, 0.3) is 0 Å². The third kappa shape index (κ3) is 3.68. The molecule has 1 aromatic rings. The molecule has 5 nitrogen and oxygen atoms in total. The van der Waals surface area contributed by atoms with Crippen LogP contribution >= 0.6 is 0 Å². The molecular weight excluding hydrogens is 242 g/mol. The summed E-state index contributed by atoms with van der Waals surface area (Å²) in [4.78, 5) is 14.1. The van der Waals surface area contributed by atoms with Gasteiger partial charge in [0.15, 0.2) is 0 Å². The van der Waals surface area contributed by atoms with Crippen molar-refractivity contribution in [3.63, 3.8) is 0 Å². The van der Waals surface area contributed by atoms with Crippen molar-refractivity contribution in [1.29, 1.82) is 0 Å². The molecule has 1 atom stereocenters. The molecule has 0 aliphatic carbocycles. The number of hydrogen-bond acceptors (Lipinski definition) is 4. The van der Waals surface area contributed by atoms with E-state index in [1.165, 1.54) is 0 Å². The molecule has 0 unspecified atom stereocenters. The molecule has 1 aliphatic rings. The van der Waals surface area contributed by atoms with Gasteiger partial charge >= 0.3 is 0 Å². The lowest BCUT2D eigenvalue weighted by molar-refractivity contribution is -0.117. The van der Waals surface area contributed by atoms with Gasteiger partial charge < -0.3 is 15.8 Å². The largest absolute Gasteiger partial charge is 0.495 e. The van der Waals surface area contributed by atoms with Crippen LogP contribution in [0.1, 0.15) is 12.0 Å². The molecule has 1 aliphatic heterocycles. The minimum Gasteiger partial charge on any atom is -0.495 e. The third-order valence-corrected chi connectivity index (χ3v) is 3.31. The van der Waals surface area contributed by atoms with Crippen LogP contribution in [0.2, 0.25) is 0 Å². The SMILES string of the molecule is COc1ccc(C)cc1NC(=O)CN1CC[C@H](N)C1. The van der Waals surface area contributed by atoms with Crippen molar-refractivity contribution in [3.05, 3.63) is 23.8 Å². The molecule has 1 aromatic carbocycles. The number of nitrogens with zero attached hydrogens (tertiary/aromatic N) is 1. The van der Waals surface area contributed by atoms with E-state index in [9.17, 15) is 4.79 Å². The summed E-state index contributed by atoms with van der Waals surface area (Å²) in [7, 11) is 1.60. The van der Waals surface area contributed by atoms with Crippen LogP contribution in [0.15, 0.2) is 18.2 Å². The van der Waals surface area contributed by atoms with Gasteiger partial charge in [-0.3, -0.25) is 9.69 Å². The molecule has 1 heterocycles. The van der Waals surface area contributed by atoms with Gasteiger partial charge in [0.2, 0.25) is 5.91 Å². The number of ether oxygens (including phenoxy) is 1. The highest BCUT2D eigenvalue weighted by Crippen LogP contribution is 2.25. The summed E-state index contributed by atoms with van der Waals surface area (Å²) in [5.41, 5.74) is 7.63. The molecule has 2 rings (SSSR count). The molecule has 3 N–H and O–H groups in total. The van der Waals surface area contributed by atoms with Crippen LogP contribution in [0.4, 0.5) is 5.69 Å². The van der Waals surface area contributed by atoms with E-state index in [-0.39, 0.29) is 11.9 Å². The fourth-order valence-electron chi connectivity index (χ4n) is 2.32. The van der Waals surface area contributed by atoms with Crippen molar-refractivity contribution in [3.8, 4) is 5.75 Å². The molecule has 0 spiro atoms. The van der Waals surface area contributed by atoms with Crippen LogP contribution in [0.3, 0.4) is 0 Å². The first kappa shape index (κ1) is 13.8. The molecule has 0 saturated carbocycles. The Morgan fingerprint density at radius 3 is 3.00 bits per heavy atom. The number of amides is 1. The lowest BCUT2D eigenvalue weighted by Gasteiger charge is -2.16. The van der Waals surface area contributed by atoms with Crippen LogP contribution < -0.4 is 15.8 Å². The lowest BCUT2D eigenvalue weighted by atomic mass is 10.2. The molecule has 1 fully saturated rings. The minimum absolute atomic E-state index is 0.0296. The highest BCUT2D eigenvalue weighted by atomic mass is 16.5. The van der Waals surface area contributed by atoms with Crippen LogP contribution in [-0.4, -0.2) is 43.6 Å². The molecule has 0 bridgehead atoms. The quantitative estimate of drug-likeness (QED) is 0.849. The first-order valence-electron chi connectivity index (χ1n) is 6.51. The number of nitrogens with one attached hydrogen (secondary N) is 1. The monoisotopic (exact) mass is 263 g/mol. The second kappa shape index (κ2) is 6.04. The Labute approximate surface area is 113 Å². The maximum absolute atomic E-state index is 12.0. The summed E-state index contributed by atoms with van der Waals surface area (Å²) in [5, 5.41) is 2.90. The van der Waals surface area contributed by atoms with Gasteiger partial charge in [0.1, 0.15) is 5.75 Å². The van der Waals surface area contributed by atoms with Gasteiger partial charge in [-0.2, -0.15) is 0 Å². The Kier molecular flexibility index (Phi) is 4.39. The van der Waals surface area contributed by atoms with Gasteiger partial charge in [0.25, 0.3) is 0 Å². The maximum atomic E-state index is 12.0. The standard InChI is InChI=1S/C14H21N3O2/c1-10-3-4-13(19-2)12(7-10)16-14(18)9-17-6-5-11(15)8-17/h3-4,7,11H,5-6,8-9,15H2,1-2H3,(H,16,18)/t11-/m0/s1. The predicted molar refractivity (Wildman–Crippen MR) is 75.4 cm³/mol. The number of carbonyl (C=O) groups is 1. The van der Waals surface area contributed by atoms with Crippen molar-refractivity contribution in [2.45, 2.75) is 19.4 Å². The summed E-state index contributed by atoms with van der Waals surface area (Å²) in [5.74, 6) is 0.648. The Balaban J connectivity index is 1.96. The highest BCUT2D eigenvalue weighted by molar-refractivity contribution is 5.93. The fourth-order valence-corrected chi connectivity index (χ4v) is 2.32. The zero-order chi connectivity index (χ0) is 13.8. The zero-order valence-electron chi connectivity index (χ0n) is 11.5. The van der Waals surface area contributed by atoms with E-state index in [0.717, 1.165) is 30.8 Å². The Morgan fingerprint density at radius 1 is 1.58 bits per heavy atom. The molecule has 0 aromatic heterocycles. The molecular formula is C14H21N3O2. The number of benzene rings is 1. The number of nitrogens with two attached hydrogens (primary N) is 1. The van der Waals surface area contributed by atoms with Gasteiger partial charge in [-0.15, -0.1) is 0 Å². The van der Waals surface area contributed by atoms with Crippen LogP contribution in [0.5, 0.6) is 5.75 Å². The summed E-state index contributed by atoms with van der Waals surface area (Å²) in [6.45, 7) is 4.04. The van der Waals surface area contributed by atoms with E-state index in [0.29, 0.717) is 12.3 Å². The summed E-state index contributed by atoms with van der Waals surface area (Å²) < 4.78 is 5.24. The van der Waals surface area contributed by atoms with Gasteiger partial charge in [-0.05, 0) is 31.0 Å². The third-order valence-electron chi connectivity index (χ3n) is 3.31. The summed E-state index contributed by atoms with van der Waals surface area (Å²) >= 11 is 0. The van der Waals surface area contributed by atoms with Gasteiger partial charge in [-0.1, -0.05) is 6.07 Å². The number of likely N-dealkylation sites (tertiary alicyclic amines) is 1. The first-order valence-corrected chi connectivity index (χ1v) is 6.51. The van der Waals surface area contributed by atoms with Gasteiger partial charge in [0.05, 0.1) is 19.3 Å². The number of rotatable bonds is 4. The molecule has 0 radical (unpaired) electrons. The fraction of sp³-hybridized carbons (Fsp3) is 0.500. The van der Waals surface area contributed by atoms with Crippen LogP contribution in [-0.2, 0) is 4.79 Å². The van der Waals surface area contributed by atoms with E-state index < -0.39 is 0 Å². The summed E-state index contributed by atoms with van der Waals surface area (Å²) in [6, 6.07) is 5.92. The highest BCUT2D eigenvalue weighted by Gasteiger charge is 2.21. The van der Waals surface area contributed by atoms with Crippen LogP contribution in [0, 0.1) is 6.92 Å². The lowest BCUT2D eigenvalue weighted by Crippen LogP contribution is -2.33. The molecule has 19 heavy (non-hydrogen) atoms. The second-order valence-electron chi connectivity index (χ2n) is 5.04. The molecule has 1 amide bonds. The number of methoxy groups -OCH3 is 1. The van der Waals surface area contributed by atoms with Gasteiger partial charge in [0, 0.05) is 19.1 Å². The Bertz CT molecular complexity index is 462. The van der Waals surface area contributed by atoms with E-state index in [2.05, 4.69) is 10.2 Å². The Morgan fingerprint density at radius 2 is 2.37 bits per heavy atom. The minimum atomic E-state index is -0.0296. The predicted octanol–water partition coefficient (Wildman–Crippen LogP) is 0.975. The molecule has 1 saturated heterocycles. The number of hydrogen-bond donors (Lipinski definition) is 2. The number of anilines is 1. The number of carbonyl (C=O) groups excluding carboxylic acids is 1. The van der Waals surface area contributed by atoms with Crippen molar-refractivity contribution in [1.82, 2.24) is 4.90 Å². The smallest absolute Gasteiger partial charge is 0.238 e. The second-order valence-corrected chi connectivity index (χ2v) is 5.04. The molecule has 104 valence electrons. The topological polar surface area (TPSA) is 67.6 Å².